The average molecular weight is 297 g/mol. The van der Waals surface area contributed by atoms with Crippen LogP contribution in [-0.4, -0.2) is 16.6 Å². The first-order chi connectivity index (χ1) is 9.58. The van der Waals surface area contributed by atoms with Crippen LogP contribution in [0.3, 0.4) is 0 Å². The van der Waals surface area contributed by atoms with Crippen molar-refractivity contribution in [1.82, 2.24) is 9.97 Å². The van der Waals surface area contributed by atoms with Gasteiger partial charge in [0.05, 0.1) is 0 Å². The minimum absolute atomic E-state index is 0.237. The van der Waals surface area contributed by atoms with E-state index in [1.165, 1.54) is 18.2 Å². The molecule has 0 aliphatic carbocycles. The summed E-state index contributed by atoms with van der Waals surface area (Å²) in [5.74, 6) is -0.554. The zero-order valence-electron chi connectivity index (χ0n) is 10.8. The lowest BCUT2D eigenvalue weighted by molar-refractivity contribution is 0.128. The molecule has 7 heteroatoms. The van der Waals surface area contributed by atoms with E-state index in [1.807, 2.05) is 6.92 Å². The van der Waals surface area contributed by atoms with Crippen molar-refractivity contribution in [1.29, 1.82) is 0 Å². The number of halogens is 2. The average Bonchev–Trinajstić information content (AvgIpc) is 2.39. The zero-order valence-corrected chi connectivity index (χ0v) is 11.6. The number of nitrogen functional groups attached to an aromatic ring is 1. The molecule has 106 valence electrons. The number of nitrogens with two attached hydrogens (primary N) is 1. The molecular weight excluding hydrogens is 284 g/mol. The zero-order chi connectivity index (χ0) is 14.5. The van der Waals surface area contributed by atoms with Gasteiger partial charge in [0.15, 0.2) is 5.82 Å². The summed E-state index contributed by atoms with van der Waals surface area (Å²) in [5.41, 5.74) is 5.67. The lowest BCUT2D eigenvalue weighted by Gasteiger charge is -2.06. The van der Waals surface area contributed by atoms with Crippen molar-refractivity contribution in [3.63, 3.8) is 0 Å². The predicted octanol–water partition coefficient (Wildman–Crippen LogP) is 3.02. The van der Waals surface area contributed by atoms with Gasteiger partial charge in [0.1, 0.15) is 29.1 Å². The van der Waals surface area contributed by atoms with Crippen molar-refractivity contribution in [3.8, 4) is 0 Å². The van der Waals surface area contributed by atoms with Crippen LogP contribution in [0.1, 0.15) is 12.7 Å². The lowest BCUT2D eigenvalue weighted by atomic mass is 10.3. The summed E-state index contributed by atoms with van der Waals surface area (Å²) in [7, 11) is 0. The molecule has 0 amide bonds. The molecule has 20 heavy (non-hydrogen) atoms. The van der Waals surface area contributed by atoms with E-state index in [2.05, 4.69) is 9.97 Å². The fourth-order valence-corrected chi connectivity index (χ4v) is 2.32. The van der Waals surface area contributed by atoms with E-state index in [4.69, 9.17) is 10.5 Å². The van der Waals surface area contributed by atoms with E-state index in [0.717, 1.165) is 17.8 Å². The van der Waals surface area contributed by atoms with Crippen LogP contribution in [0.15, 0.2) is 34.2 Å². The third-order valence-corrected chi connectivity index (χ3v) is 3.28. The number of hydrogen-bond donors (Lipinski definition) is 1. The van der Waals surface area contributed by atoms with Gasteiger partial charge in [-0.1, -0.05) is 11.8 Å². The fraction of sp³-hybridized carbons (Fsp3) is 0.231. The quantitative estimate of drug-likeness (QED) is 0.860. The highest BCUT2D eigenvalue weighted by Gasteiger charge is 2.09. The molecule has 0 aliphatic heterocycles. The van der Waals surface area contributed by atoms with Crippen molar-refractivity contribution in [3.05, 3.63) is 41.7 Å². The van der Waals surface area contributed by atoms with E-state index in [9.17, 15) is 8.78 Å². The fourth-order valence-electron chi connectivity index (χ4n) is 1.47. The van der Waals surface area contributed by atoms with E-state index < -0.39 is 11.6 Å². The molecule has 2 rings (SSSR count). The maximum atomic E-state index is 13.6. The first-order valence-corrected chi connectivity index (χ1v) is 6.74. The molecule has 1 aromatic carbocycles. The van der Waals surface area contributed by atoms with Gasteiger partial charge < -0.3 is 10.5 Å². The Bertz CT molecular complexity index is 610. The molecular formula is C13H13F2N3OS. The van der Waals surface area contributed by atoms with Gasteiger partial charge in [-0.2, -0.15) is 0 Å². The van der Waals surface area contributed by atoms with E-state index in [0.29, 0.717) is 17.5 Å². The Labute approximate surface area is 119 Å². The molecule has 0 spiro atoms. The van der Waals surface area contributed by atoms with Gasteiger partial charge >= 0.3 is 0 Å². The molecule has 2 aromatic rings. The SMILES string of the molecule is CCOCc1nc(N)cc(Sc2ccc(F)cc2F)n1. The Morgan fingerprint density at radius 3 is 2.75 bits per heavy atom. The highest BCUT2D eigenvalue weighted by atomic mass is 32.2. The number of aromatic nitrogens is 2. The topological polar surface area (TPSA) is 61.0 Å². The minimum Gasteiger partial charge on any atom is -0.384 e. The van der Waals surface area contributed by atoms with Crippen molar-refractivity contribution in [2.45, 2.75) is 23.5 Å². The van der Waals surface area contributed by atoms with Crippen LogP contribution in [0.4, 0.5) is 14.6 Å². The summed E-state index contributed by atoms with van der Waals surface area (Å²) < 4.78 is 31.6. The Kier molecular flexibility index (Phi) is 4.86. The highest BCUT2D eigenvalue weighted by molar-refractivity contribution is 7.99. The monoisotopic (exact) mass is 297 g/mol. The number of anilines is 1. The molecule has 0 atom stereocenters. The maximum absolute atomic E-state index is 13.6. The molecule has 1 aromatic heterocycles. The number of hydrogen-bond acceptors (Lipinski definition) is 5. The van der Waals surface area contributed by atoms with Gasteiger partial charge in [0.25, 0.3) is 0 Å². The summed E-state index contributed by atoms with van der Waals surface area (Å²) >= 11 is 1.06. The Balaban J connectivity index is 2.21. The third kappa shape index (κ3) is 3.88. The van der Waals surface area contributed by atoms with Gasteiger partial charge in [-0.3, -0.25) is 0 Å². The minimum atomic E-state index is -0.640. The third-order valence-electron chi connectivity index (χ3n) is 2.31. The molecule has 4 nitrogen and oxygen atoms in total. The Hall–Kier alpha value is -1.73. The maximum Gasteiger partial charge on any atom is 0.157 e. The first kappa shape index (κ1) is 14.7. The standard InChI is InChI=1S/C13H13F2N3OS/c1-2-19-7-12-17-11(16)6-13(18-12)20-10-4-3-8(14)5-9(10)15/h3-6H,2,7H2,1H3,(H2,16,17,18). The molecule has 0 aliphatic rings. The van der Waals surface area contributed by atoms with Gasteiger partial charge in [-0.05, 0) is 19.1 Å². The second-order valence-electron chi connectivity index (χ2n) is 3.86. The van der Waals surface area contributed by atoms with Crippen LogP contribution in [0, 0.1) is 11.6 Å². The van der Waals surface area contributed by atoms with Gasteiger partial charge in [0.2, 0.25) is 0 Å². The van der Waals surface area contributed by atoms with Crippen molar-refractivity contribution in [2.24, 2.45) is 0 Å². The Morgan fingerprint density at radius 2 is 2.05 bits per heavy atom. The van der Waals surface area contributed by atoms with Gasteiger partial charge in [0, 0.05) is 23.6 Å². The highest BCUT2D eigenvalue weighted by Crippen LogP contribution is 2.29. The summed E-state index contributed by atoms with van der Waals surface area (Å²) in [6, 6.07) is 4.91. The molecule has 0 saturated heterocycles. The van der Waals surface area contributed by atoms with Crippen LogP contribution in [0.25, 0.3) is 0 Å². The smallest absolute Gasteiger partial charge is 0.157 e. The predicted molar refractivity (Wildman–Crippen MR) is 72.3 cm³/mol. The van der Waals surface area contributed by atoms with Crippen LogP contribution in [-0.2, 0) is 11.3 Å². The largest absolute Gasteiger partial charge is 0.384 e. The van der Waals surface area contributed by atoms with Crippen LogP contribution >= 0.6 is 11.8 Å². The van der Waals surface area contributed by atoms with E-state index in [1.54, 1.807) is 0 Å². The van der Waals surface area contributed by atoms with E-state index in [-0.39, 0.29) is 17.3 Å². The van der Waals surface area contributed by atoms with Crippen LogP contribution < -0.4 is 5.73 Å². The van der Waals surface area contributed by atoms with Crippen molar-refractivity contribution in [2.75, 3.05) is 12.3 Å². The summed E-state index contributed by atoms with van der Waals surface area (Å²) in [6.07, 6.45) is 0. The van der Waals surface area contributed by atoms with Crippen LogP contribution in [0.2, 0.25) is 0 Å². The number of rotatable bonds is 5. The molecule has 0 fully saturated rings. The van der Waals surface area contributed by atoms with Gasteiger partial charge in [-0.15, -0.1) is 0 Å². The summed E-state index contributed by atoms with van der Waals surface area (Å²) in [5, 5.41) is 0.484. The summed E-state index contributed by atoms with van der Waals surface area (Å²) in [6.45, 7) is 2.63. The number of benzene rings is 1. The second-order valence-corrected chi connectivity index (χ2v) is 4.92. The van der Waals surface area contributed by atoms with Gasteiger partial charge in [-0.25, -0.2) is 18.7 Å². The van der Waals surface area contributed by atoms with Crippen LogP contribution in [0.5, 0.6) is 0 Å². The molecule has 0 unspecified atom stereocenters. The Morgan fingerprint density at radius 1 is 1.25 bits per heavy atom. The number of ether oxygens (including phenoxy) is 1. The number of nitrogens with zero attached hydrogens (tertiary/aromatic N) is 2. The van der Waals surface area contributed by atoms with E-state index >= 15 is 0 Å². The van der Waals surface area contributed by atoms with Crippen molar-refractivity contribution >= 4 is 17.6 Å². The molecule has 0 bridgehead atoms. The van der Waals surface area contributed by atoms with Crippen molar-refractivity contribution < 1.29 is 13.5 Å². The normalized spacial score (nSPS) is 10.8. The molecule has 0 radical (unpaired) electrons. The molecule has 0 saturated carbocycles. The molecule has 1 heterocycles. The second kappa shape index (κ2) is 6.62. The molecule has 2 N–H and O–H groups in total. The first-order valence-electron chi connectivity index (χ1n) is 5.92. The lowest BCUT2D eigenvalue weighted by Crippen LogP contribution is -2.03. The summed E-state index contributed by atoms with van der Waals surface area (Å²) in [4.78, 5) is 8.51.